The number of rotatable bonds is 2. The van der Waals surface area contributed by atoms with Gasteiger partial charge in [0.1, 0.15) is 0 Å². The maximum absolute atomic E-state index is 9.77. The molecule has 1 aromatic carbocycles. The molecule has 0 aromatic heterocycles. The molecular formula is C25H40O4. The van der Waals surface area contributed by atoms with Gasteiger partial charge in [-0.2, -0.15) is 0 Å². The third-order valence-electron chi connectivity index (χ3n) is 6.73. The van der Waals surface area contributed by atoms with E-state index >= 15 is 0 Å². The fraction of sp³-hybridized carbons (Fsp3) is 0.760. The van der Waals surface area contributed by atoms with Crippen LogP contribution in [0.15, 0.2) is 30.3 Å². The van der Waals surface area contributed by atoms with Gasteiger partial charge in [-0.1, -0.05) is 58.0 Å². The summed E-state index contributed by atoms with van der Waals surface area (Å²) in [7, 11) is 0. The van der Waals surface area contributed by atoms with Crippen LogP contribution in [0, 0.1) is 23.7 Å². The molecule has 1 heterocycles. The summed E-state index contributed by atoms with van der Waals surface area (Å²) in [5.41, 5.74) is 0.328. The van der Waals surface area contributed by atoms with E-state index < -0.39 is 5.60 Å². The highest BCUT2D eigenvalue weighted by atomic mass is 16.7. The lowest BCUT2D eigenvalue weighted by atomic mass is 9.74. The van der Waals surface area contributed by atoms with Gasteiger partial charge in [0.15, 0.2) is 6.29 Å². The summed E-state index contributed by atoms with van der Waals surface area (Å²) in [6, 6.07) is 10.3. The van der Waals surface area contributed by atoms with Gasteiger partial charge in [-0.25, -0.2) is 0 Å². The smallest absolute Gasteiger partial charge is 0.184 e. The highest BCUT2D eigenvalue weighted by Gasteiger charge is 2.46. The van der Waals surface area contributed by atoms with Crippen LogP contribution in [0.4, 0.5) is 0 Å². The third kappa shape index (κ3) is 6.04. The van der Waals surface area contributed by atoms with Gasteiger partial charge in [-0.15, -0.1) is 0 Å². The van der Waals surface area contributed by atoms with E-state index in [0.29, 0.717) is 11.8 Å². The Balaban J connectivity index is 0.000000188. The first-order valence-electron chi connectivity index (χ1n) is 11.4. The van der Waals surface area contributed by atoms with Crippen molar-refractivity contribution >= 4 is 0 Å². The highest BCUT2D eigenvalue weighted by molar-refractivity contribution is 5.17. The largest absolute Gasteiger partial charge is 0.393 e. The van der Waals surface area contributed by atoms with Crippen LogP contribution in [0.5, 0.6) is 0 Å². The zero-order valence-electron chi connectivity index (χ0n) is 18.6. The predicted octanol–water partition coefficient (Wildman–Crippen LogP) is 5.09. The molecule has 0 bridgehead atoms. The molecule has 29 heavy (non-hydrogen) atoms. The Labute approximate surface area is 176 Å². The summed E-state index contributed by atoms with van der Waals surface area (Å²) < 4.78 is 12.2. The summed E-state index contributed by atoms with van der Waals surface area (Å²) in [6.07, 6.45) is 6.13. The summed E-state index contributed by atoms with van der Waals surface area (Å²) in [4.78, 5) is 0. The SMILES string of the molecule is C[C@@H]1C[C@H](C)CC(O)(CO)C1.C[C@@H]1C[C@H](C)CC2(COC(c3ccccc3)O2)C1. The van der Waals surface area contributed by atoms with Crippen LogP contribution in [0.3, 0.4) is 0 Å². The van der Waals surface area contributed by atoms with Gasteiger partial charge in [0, 0.05) is 5.56 Å². The molecule has 0 amide bonds. The van der Waals surface area contributed by atoms with Crippen LogP contribution in [0.2, 0.25) is 0 Å². The second-order valence-corrected chi connectivity index (χ2v) is 10.4. The molecule has 3 fully saturated rings. The molecule has 4 nitrogen and oxygen atoms in total. The van der Waals surface area contributed by atoms with Crippen LogP contribution < -0.4 is 0 Å². The van der Waals surface area contributed by atoms with Crippen LogP contribution in [-0.4, -0.2) is 34.6 Å². The van der Waals surface area contributed by atoms with E-state index in [9.17, 15) is 5.11 Å². The van der Waals surface area contributed by atoms with Crippen molar-refractivity contribution in [1.82, 2.24) is 0 Å². The molecule has 164 valence electrons. The molecule has 1 aliphatic heterocycles. The molecule has 7 atom stereocenters. The van der Waals surface area contributed by atoms with Crippen LogP contribution in [0.1, 0.15) is 78.1 Å². The quantitative estimate of drug-likeness (QED) is 0.720. The zero-order valence-corrected chi connectivity index (χ0v) is 18.6. The average Bonchev–Trinajstić information content (AvgIpc) is 3.03. The number of benzene rings is 1. The topological polar surface area (TPSA) is 58.9 Å². The Morgan fingerprint density at radius 2 is 1.38 bits per heavy atom. The molecule has 1 saturated heterocycles. The van der Waals surface area contributed by atoms with E-state index in [1.807, 2.05) is 18.2 Å². The number of aliphatic hydroxyl groups excluding tert-OH is 1. The maximum Gasteiger partial charge on any atom is 0.184 e. The van der Waals surface area contributed by atoms with Crippen molar-refractivity contribution < 1.29 is 19.7 Å². The molecule has 1 spiro atoms. The van der Waals surface area contributed by atoms with Gasteiger partial charge in [0.2, 0.25) is 0 Å². The highest BCUT2D eigenvalue weighted by Crippen LogP contribution is 2.45. The van der Waals surface area contributed by atoms with Crippen LogP contribution in [0.25, 0.3) is 0 Å². The third-order valence-corrected chi connectivity index (χ3v) is 6.73. The van der Waals surface area contributed by atoms with Gasteiger partial charge in [0.25, 0.3) is 0 Å². The predicted molar refractivity (Wildman–Crippen MR) is 115 cm³/mol. The van der Waals surface area contributed by atoms with E-state index in [-0.39, 0.29) is 18.5 Å². The number of ether oxygens (including phenoxy) is 2. The lowest BCUT2D eigenvalue weighted by molar-refractivity contribution is -0.114. The van der Waals surface area contributed by atoms with E-state index in [1.54, 1.807) is 0 Å². The molecule has 4 heteroatoms. The first-order chi connectivity index (χ1) is 13.7. The monoisotopic (exact) mass is 404 g/mol. The molecule has 2 aliphatic carbocycles. The Hall–Kier alpha value is -0.940. The Morgan fingerprint density at radius 1 is 0.862 bits per heavy atom. The lowest BCUT2D eigenvalue weighted by Gasteiger charge is -2.38. The first-order valence-corrected chi connectivity index (χ1v) is 11.4. The fourth-order valence-corrected chi connectivity index (χ4v) is 6.08. The molecule has 3 aliphatic rings. The summed E-state index contributed by atoms with van der Waals surface area (Å²) in [6.45, 7) is 9.60. The first kappa shape index (κ1) is 22.7. The van der Waals surface area contributed by atoms with Gasteiger partial charge < -0.3 is 19.7 Å². The van der Waals surface area contributed by atoms with Gasteiger partial charge in [-0.3, -0.25) is 0 Å². The van der Waals surface area contributed by atoms with E-state index in [4.69, 9.17) is 14.6 Å². The fourth-order valence-electron chi connectivity index (χ4n) is 6.08. The van der Waals surface area contributed by atoms with Crippen molar-refractivity contribution in [2.75, 3.05) is 13.2 Å². The Kier molecular flexibility index (Phi) is 7.42. The molecule has 2 N–H and O–H groups in total. The number of hydrogen-bond acceptors (Lipinski definition) is 4. The van der Waals surface area contributed by atoms with Crippen molar-refractivity contribution in [1.29, 1.82) is 0 Å². The Morgan fingerprint density at radius 3 is 1.90 bits per heavy atom. The minimum absolute atomic E-state index is 0.0302. The molecular weight excluding hydrogens is 364 g/mol. The average molecular weight is 405 g/mol. The maximum atomic E-state index is 9.77. The van der Waals surface area contributed by atoms with Gasteiger partial charge in [0.05, 0.1) is 24.4 Å². The van der Waals surface area contributed by atoms with Crippen molar-refractivity contribution in [2.24, 2.45) is 23.7 Å². The number of hydrogen-bond donors (Lipinski definition) is 2. The zero-order chi connectivity index (χ0) is 21.1. The lowest BCUT2D eigenvalue weighted by Crippen LogP contribution is -2.40. The standard InChI is InChI=1S/C16H22O2.C9H18O2/c1-12-8-13(2)10-16(9-12)11-17-15(18-16)14-6-4-3-5-7-14;1-7-3-8(2)5-9(11,4-7)6-10/h3-7,12-13,15H,8-11H2,1-2H3;7-8,10-11H,3-6H2,1-2H3/t12-,13+,15?,16?;7-,8+,9?. The van der Waals surface area contributed by atoms with Crippen molar-refractivity contribution in [3.8, 4) is 0 Å². The van der Waals surface area contributed by atoms with E-state index in [2.05, 4.69) is 39.8 Å². The molecule has 4 rings (SSSR count). The van der Waals surface area contributed by atoms with Gasteiger partial charge in [-0.05, 0) is 62.2 Å². The summed E-state index contributed by atoms with van der Waals surface area (Å²) >= 11 is 0. The second kappa shape index (κ2) is 9.47. The van der Waals surface area contributed by atoms with Crippen molar-refractivity contribution in [3.63, 3.8) is 0 Å². The second-order valence-electron chi connectivity index (χ2n) is 10.4. The van der Waals surface area contributed by atoms with Crippen LogP contribution in [-0.2, 0) is 9.47 Å². The van der Waals surface area contributed by atoms with Gasteiger partial charge >= 0.3 is 0 Å². The summed E-state index contributed by atoms with van der Waals surface area (Å²) in [5, 5.41) is 18.7. The molecule has 1 aromatic rings. The molecule has 3 unspecified atom stereocenters. The molecule has 0 radical (unpaired) electrons. The van der Waals surface area contributed by atoms with E-state index in [1.165, 1.54) is 12.8 Å². The van der Waals surface area contributed by atoms with Crippen molar-refractivity contribution in [2.45, 2.75) is 83.7 Å². The minimum Gasteiger partial charge on any atom is -0.393 e. The molecule has 2 saturated carbocycles. The van der Waals surface area contributed by atoms with E-state index in [0.717, 1.165) is 49.7 Å². The summed E-state index contributed by atoms with van der Waals surface area (Å²) in [5.74, 6) is 2.59. The Bertz CT molecular complexity index is 611. The minimum atomic E-state index is -0.781. The normalized spacial score (nSPS) is 42.3. The van der Waals surface area contributed by atoms with Crippen molar-refractivity contribution in [3.05, 3.63) is 35.9 Å². The number of aliphatic hydroxyl groups is 2. The van der Waals surface area contributed by atoms with Crippen LogP contribution >= 0.6 is 0 Å².